The summed E-state index contributed by atoms with van der Waals surface area (Å²) in [5.74, 6) is 1.45. The van der Waals surface area contributed by atoms with Crippen LogP contribution in [-0.2, 0) is 4.74 Å². The quantitative estimate of drug-likeness (QED) is 0.901. The topological polar surface area (TPSA) is 58.6 Å². The van der Waals surface area contributed by atoms with Gasteiger partial charge in [-0.2, -0.15) is 11.8 Å². The molecule has 1 heterocycles. The van der Waals surface area contributed by atoms with Crippen molar-refractivity contribution in [2.45, 2.75) is 18.1 Å². The number of carbonyl (C=O) groups is 1. The van der Waals surface area contributed by atoms with Gasteiger partial charge in [0.1, 0.15) is 6.61 Å². The SMILES string of the molecule is O=C(N[C@H]1CSC[C@H]1O)OCC1c2ccccc2-c2ccccc21. The van der Waals surface area contributed by atoms with Crippen molar-refractivity contribution >= 4 is 17.9 Å². The predicted octanol–water partition coefficient (Wildman–Crippen LogP) is 3.00. The monoisotopic (exact) mass is 341 g/mol. The zero-order chi connectivity index (χ0) is 16.5. The van der Waals surface area contributed by atoms with Crippen LogP contribution in [0.2, 0.25) is 0 Å². The van der Waals surface area contributed by atoms with E-state index in [1.165, 1.54) is 22.3 Å². The number of amides is 1. The molecule has 1 saturated heterocycles. The van der Waals surface area contributed by atoms with Crippen LogP contribution in [0, 0.1) is 0 Å². The Labute approximate surface area is 145 Å². The van der Waals surface area contributed by atoms with Crippen molar-refractivity contribution in [2.75, 3.05) is 18.1 Å². The highest BCUT2D eigenvalue weighted by Gasteiger charge is 2.31. The molecule has 4 nitrogen and oxygen atoms in total. The molecule has 0 radical (unpaired) electrons. The van der Waals surface area contributed by atoms with E-state index in [0.29, 0.717) is 12.4 Å². The van der Waals surface area contributed by atoms with Crippen LogP contribution in [-0.4, -0.2) is 41.5 Å². The fourth-order valence-electron chi connectivity index (χ4n) is 3.47. The molecule has 1 fully saturated rings. The number of ether oxygens (including phenoxy) is 1. The van der Waals surface area contributed by atoms with Gasteiger partial charge in [0, 0.05) is 17.4 Å². The van der Waals surface area contributed by atoms with Crippen LogP contribution in [0.1, 0.15) is 17.0 Å². The smallest absolute Gasteiger partial charge is 0.407 e. The summed E-state index contributed by atoms with van der Waals surface area (Å²) in [4.78, 5) is 12.1. The first-order valence-corrected chi connectivity index (χ1v) is 9.27. The predicted molar refractivity (Wildman–Crippen MR) is 95.3 cm³/mol. The third kappa shape index (κ3) is 2.78. The zero-order valence-electron chi connectivity index (χ0n) is 13.1. The molecular formula is C19H19NO3S. The molecule has 2 aromatic carbocycles. The maximum absolute atomic E-state index is 12.1. The molecule has 2 N–H and O–H groups in total. The number of hydrogen-bond acceptors (Lipinski definition) is 4. The van der Waals surface area contributed by atoms with Gasteiger partial charge in [0.05, 0.1) is 12.1 Å². The second-order valence-corrected chi connectivity index (χ2v) is 7.26. The van der Waals surface area contributed by atoms with E-state index in [2.05, 4.69) is 29.6 Å². The summed E-state index contributed by atoms with van der Waals surface area (Å²) < 4.78 is 5.48. The van der Waals surface area contributed by atoms with Crippen LogP contribution in [0.25, 0.3) is 11.1 Å². The summed E-state index contributed by atoms with van der Waals surface area (Å²) >= 11 is 1.64. The molecule has 0 unspecified atom stereocenters. The lowest BCUT2D eigenvalue weighted by Gasteiger charge is -2.18. The van der Waals surface area contributed by atoms with Crippen molar-refractivity contribution in [3.05, 3.63) is 59.7 Å². The van der Waals surface area contributed by atoms with E-state index in [4.69, 9.17) is 4.74 Å². The molecule has 5 heteroatoms. The number of hydrogen-bond donors (Lipinski definition) is 2. The molecule has 0 bridgehead atoms. The number of aliphatic hydroxyl groups is 1. The third-order valence-corrected chi connectivity index (χ3v) is 5.87. The summed E-state index contributed by atoms with van der Waals surface area (Å²) in [6, 6.07) is 16.3. The van der Waals surface area contributed by atoms with Crippen LogP contribution >= 0.6 is 11.8 Å². The number of aliphatic hydroxyl groups excluding tert-OH is 1. The Bertz CT molecular complexity index is 718. The van der Waals surface area contributed by atoms with Gasteiger partial charge in [-0.15, -0.1) is 0 Å². The summed E-state index contributed by atoms with van der Waals surface area (Å²) in [6.45, 7) is 0.301. The summed E-state index contributed by atoms with van der Waals surface area (Å²) in [5, 5.41) is 12.6. The van der Waals surface area contributed by atoms with Gasteiger partial charge in [-0.25, -0.2) is 4.79 Å². The minimum atomic E-state index is -0.490. The van der Waals surface area contributed by atoms with Crippen LogP contribution < -0.4 is 5.32 Å². The lowest BCUT2D eigenvalue weighted by molar-refractivity contribution is 0.121. The minimum Gasteiger partial charge on any atom is -0.449 e. The highest BCUT2D eigenvalue weighted by molar-refractivity contribution is 7.99. The first-order chi connectivity index (χ1) is 11.7. The van der Waals surface area contributed by atoms with Crippen molar-refractivity contribution in [2.24, 2.45) is 0 Å². The highest BCUT2D eigenvalue weighted by Crippen LogP contribution is 2.44. The minimum absolute atomic E-state index is 0.0611. The number of alkyl carbamates (subject to hydrolysis) is 1. The van der Waals surface area contributed by atoms with Gasteiger partial charge in [-0.3, -0.25) is 0 Å². The Kier molecular flexibility index (Phi) is 4.21. The van der Waals surface area contributed by atoms with Gasteiger partial charge in [0.2, 0.25) is 0 Å². The zero-order valence-corrected chi connectivity index (χ0v) is 14.0. The van der Waals surface area contributed by atoms with Crippen molar-refractivity contribution in [3.63, 3.8) is 0 Å². The fourth-order valence-corrected chi connectivity index (χ4v) is 4.64. The number of fused-ring (bicyclic) bond motifs is 3. The van der Waals surface area contributed by atoms with Crippen molar-refractivity contribution in [1.29, 1.82) is 0 Å². The van der Waals surface area contributed by atoms with E-state index in [9.17, 15) is 9.90 Å². The van der Waals surface area contributed by atoms with E-state index in [0.717, 1.165) is 5.75 Å². The van der Waals surface area contributed by atoms with Crippen molar-refractivity contribution in [3.8, 4) is 11.1 Å². The van der Waals surface area contributed by atoms with Crippen molar-refractivity contribution in [1.82, 2.24) is 5.32 Å². The summed E-state index contributed by atoms with van der Waals surface area (Å²) in [5.41, 5.74) is 4.82. The van der Waals surface area contributed by atoms with Gasteiger partial charge in [0.25, 0.3) is 0 Å². The Balaban J connectivity index is 1.47. The normalized spacial score (nSPS) is 22.0. The highest BCUT2D eigenvalue weighted by atomic mass is 32.2. The van der Waals surface area contributed by atoms with Gasteiger partial charge < -0.3 is 15.2 Å². The number of rotatable bonds is 3. The standard InChI is InChI=1S/C19H19NO3S/c21-18-11-24-10-17(18)20-19(22)23-9-16-14-7-3-1-5-12(14)13-6-2-4-8-15(13)16/h1-8,16-18,21H,9-11H2,(H,20,22)/t17-,18+/m0/s1. The van der Waals surface area contributed by atoms with Crippen molar-refractivity contribution < 1.29 is 14.6 Å². The van der Waals surface area contributed by atoms with E-state index in [1.807, 2.05) is 24.3 Å². The molecular weight excluding hydrogens is 322 g/mol. The molecule has 124 valence electrons. The second kappa shape index (κ2) is 6.49. The Hall–Kier alpha value is -1.98. The Morgan fingerprint density at radius 3 is 2.29 bits per heavy atom. The first kappa shape index (κ1) is 15.5. The molecule has 1 aliphatic carbocycles. The van der Waals surface area contributed by atoms with Gasteiger partial charge in [0.15, 0.2) is 0 Å². The third-order valence-electron chi connectivity index (χ3n) is 4.70. The first-order valence-electron chi connectivity index (χ1n) is 8.11. The van der Waals surface area contributed by atoms with Gasteiger partial charge >= 0.3 is 6.09 Å². The Morgan fingerprint density at radius 1 is 1.08 bits per heavy atom. The number of carbonyl (C=O) groups excluding carboxylic acids is 1. The molecule has 2 aliphatic rings. The number of thioether (sulfide) groups is 1. The van der Waals surface area contributed by atoms with E-state index < -0.39 is 12.2 Å². The lowest BCUT2D eigenvalue weighted by atomic mass is 9.98. The maximum atomic E-state index is 12.1. The van der Waals surface area contributed by atoms with E-state index in [-0.39, 0.29) is 12.0 Å². The van der Waals surface area contributed by atoms with E-state index in [1.54, 1.807) is 11.8 Å². The van der Waals surface area contributed by atoms with Gasteiger partial charge in [-0.05, 0) is 22.3 Å². The average Bonchev–Trinajstić information content (AvgIpc) is 3.15. The molecule has 1 amide bonds. The molecule has 24 heavy (non-hydrogen) atoms. The van der Waals surface area contributed by atoms with Crippen LogP contribution in [0.3, 0.4) is 0 Å². The molecule has 0 aromatic heterocycles. The molecule has 0 spiro atoms. The van der Waals surface area contributed by atoms with Crippen LogP contribution in [0.15, 0.2) is 48.5 Å². The Morgan fingerprint density at radius 2 is 1.71 bits per heavy atom. The number of benzene rings is 2. The average molecular weight is 341 g/mol. The van der Waals surface area contributed by atoms with Crippen LogP contribution in [0.4, 0.5) is 4.79 Å². The molecule has 2 atom stereocenters. The van der Waals surface area contributed by atoms with Crippen LogP contribution in [0.5, 0.6) is 0 Å². The maximum Gasteiger partial charge on any atom is 0.407 e. The van der Waals surface area contributed by atoms with E-state index >= 15 is 0 Å². The lowest BCUT2D eigenvalue weighted by Crippen LogP contribution is -2.43. The summed E-state index contributed by atoms with van der Waals surface area (Å²) in [6.07, 6.45) is -0.945. The number of nitrogens with one attached hydrogen (secondary N) is 1. The molecule has 4 rings (SSSR count). The largest absolute Gasteiger partial charge is 0.449 e. The fraction of sp³-hybridized carbons (Fsp3) is 0.316. The molecule has 1 aliphatic heterocycles. The summed E-state index contributed by atoms with van der Waals surface area (Å²) in [7, 11) is 0. The molecule has 0 saturated carbocycles. The second-order valence-electron chi connectivity index (χ2n) is 6.18. The van der Waals surface area contributed by atoms with Gasteiger partial charge in [-0.1, -0.05) is 48.5 Å². The molecule has 2 aromatic rings.